The van der Waals surface area contributed by atoms with Gasteiger partial charge in [0.15, 0.2) is 0 Å². The van der Waals surface area contributed by atoms with Crippen LogP contribution in [0.5, 0.6) is 10.8 Å². The fourth-order valence-electron chi connectivity index (χ4n) is 2.05. The summed E-state index contributed by atoms with van der Waals surface area (Å²) in [6, 6.07) is 5.79. The second-order valence-electron chi connectivity index (χ2n) is 5.99. The van der Waals surface area contributed by atoms with Crippen molar-refractivity contribution in [2.45, 2.75) is 33.6 Å². The lowest BCUT2D eigenvalue weighted by atomic mass is 10.1. The Morgan fingerprint density at radius 1 is 1.48 bits per heavy atom. The fourth-order valence-corrected chi connectivity index (χ4v) is 3.11. The van der Waals surface area contributed by atoms with Gasteiger partial charge in [0.2, 0.25) is 5.06 Å². The lowest BCUT2D eigenvalue weighted by Gasteiger charge is -2.11. The first kappa shape index (κ1) is 19.2. The van der Waals surface area contributed by atoms with Gasteiger partial charge in [0.1, 0.15) is 17.4 Å². The summed E-state index contributed by atoms with van der Waals surface area (Å²) in [7, 11) is 1.95. The van der Waals surface area contributed by atoms with Crippen LogP contribution in [0.25, 0.3) is 0 Å². The fraction of sp³-hybridized carbons (Fsp3) is 0.389. The Hall–Kier alpha value is -2.10. The quantitative estimate of drug-likeness (QED) is 0.493. The molecule has 25 heavy (non-hydrogen) atoms. The molecule has 5 nitrogen and oxygen atoms in total. The maximum absolute atomic E-state index is 9.42. The molecule has 132 valence electrons. The van der Waals surface area contributed by atoms with E-state index in [0.29, 0.717) is 27.1 Å². The molecule has 0 spiro atoms. The van der Waals surface area contributed by atoms with E-state index in [-0.39, 0.29) is 5.92 Å². The number of benzene rings is 1. The van der Waals surface area contributed by atoms with Crippen molar-refractivity contribution in [1.29, 1.82) is 5.26 Å². The molecule has 1 heterocycles. The van der Waals surface area contributed by atoms with Crippen molar-refractivity contribution in [3.05, 3.63) is 34.0 Å². The summed E-state index contributed by atoms with van der Waals surface area (Å²) in [5, 5.41) is 10.4. The molecule has 7 heteroatoms. The Bertz CT molecular complexity index is 823. The first-order valence-corrected chi connectivity index (χ1v) is 9.14. The minimum Gasteiger partial charge on any atom is -0.443 e. The maximum atomic E-state index is 9.42. The summed E-state index contributed by atoms with van der Waals surface area (Å²) >= 11 is 7.52. The Kier molecular flexibility index (Phi) is 6.40. The van der Waals surface area contributed by atoms with E-state index < -0.39 is 0 Å². The van der Waals surface area contributed by atoms with Crippen molar-refractivity contribution in [3.8, 4) is 16.9 Å². The Morgan fingerprint density at radius 2 is 2.20 bits per heavy atom. The van der Waals surface area contributed by atoms with Crippen molar-refractivity contribution in [1.82, 2.24) is 9.27 Å². The van der Waals surface area contributed by atoms with Crippen LogP contribution < -0.4 is 4.74 Å². The average molecular weight is 377 g/mol. The summed E-state index contributed by atoms with van der Waals surface area (Å²) in [6.45, 7) is 8.83. The second-order valence-corrected chi connectivity index (χ2v) is 7.13. The number of ether oxygens (including phenoxy) is 1. The van der Waals surface area contributed by atoms with E-state index in [0.717, 1.165) is 17.8 Å². The van der Waals surface area contributed by atoms with Gasteiger partial charge in [-0.1, -0.05) is 25.4 Å². The van der Waals surface area contributed by atoms with Gasteiger partial charge < -0.3 is 9.64 Å². The van der Waals surface area contributed by atoms with Crippen molar-refractivity contribution >= 4 is 35.2 Å². The summed E-state index contributed by atoms with van der Waals surface area (Å²) in [6.07, 6.45) is 1.74. The maximum Gasteiger partial charge on any atom is 0.218 e. The molecule has 0 amide bonds. The van der Waals surface area contributed by atoms with E-state index in [2.05, 4.69) is 15.4 Å². The van der Waals surface area contributed by atoms with E-state index in [9.17, 15) is 5.26 Å². The highest BCUT2D eigenvalue weighted by molar-refractivity contribution is 7.08. The predicted molar refractivity (Wildman–Crippen MR) is 104 cm³/mol. The Labute approximate surface area is 157 Å². The van der Waals surface area contributed by atoms with E-state index >= 15 is 0 Å². The van der Waals surface area contributed by atoms with E-state index in [4.69, 9.17) is 16.3 Å². The van der Waals surface area contributed by atoms with Crippen LogP contribution in [0.15, 0.2) is 17.1 Å². The largest absolute Gasteiger partial charge is 0.443 e. The molecule has 0 N–H and O–H groups in total. The number of rotatable bonds is 6. The number of nitriles is 1. The zero-order valence-corrected chi connectivity index (χ0v) is 16.6. The molecule has 0 aliphatic heterocycles. The monoisotopic (exact) mass is 376 g/mol. The third kappa shape index (κ3) is 4.50. The minimum atomic E-state index is 0.167. The summed E-state index contributed by atoms with van der Waals surface area (Å²) in [5.41, 5.74) is 2.82. The Morgan fingerprint density at radius 3 is 2.80 bits per heavy atom. The average Bonchev–Trinajstić information content (AvgIpc) is 2.99. The van der Waals surface area contributed by atoms with Crippen molar-refractivity contribution in [2.75, 3.05) is 13.6 Å². The number of aliphatic imine (C=N–C) groups is 1. The smallest absolute Gasteiger partial charge is 0.218 e. The molecule has 0 unspecified atom stereocenters. The Balaban J connectivity index is 2.32. The van der Waals surface area contributed by atoms with Crippen LogP contribution in [0.2, 0.25) is 5.02 Å². The highest BCUT2D eigenvalue weighted by atomic mass is 35.5. The molecule has 0 aliphatic rings. The van der Waals surface area contributed by atoms with Gasteiger partial charge in [-0.15, -0.1) is 0 Å². The van der Waals surface area contributed by atoms with Crippen LogP contribution in [0.4, 0.5) is 5.69 Å². The first-order chi connectivity index (χ1) is 11.9. The van der Waals surface area contributed by atoms with Gasteiger partial charge in [-0.25, -0.2) is 4.99 Å². The van der Waals surface area contributed by atoms with Gasteiger partial charge in [-0.2, -0.15) is 9.64 Å². The van der Waals surface area contributed by atoms with Crippen LogP contribution in [-0.2, 0) is 0 Å². The number of hydrogen-bond donors (Lipinski definition) is 0. The number of halogens is 1. The topological polar surface area (TPSA) is 61.5 Å². The molecule has 1 aromatic carbocycles. The van der Waals surface area contributed by atoms with Gasteiger partial charge in [0, 0.05) is 31.2 Å². The molecule has 0 aliphatic carbocycles. The lowest BCUT2D eigenvalue weighted by molar-refractivity contribution is 0.490. The van der Waals surface area contributed by atoms with Crippen LogP contribution >= 0.6 is 23.1 Å². The summed E-state index contributed by atoms with van der Waals surface area (Å²) < 4.78 is 10.3. The SMILES string of the molecule is CCN(C)/C=N\c1cc(C)c(Oc2snc(C(C)C)c2C#N)cc1Cl. The van der Waals surface area contributed by atoms with Gasteiger partial charge in [-0.3, -0.25) is 0 Å². The van der Waals surface area contributed by atoms with Gasteiger partial charge >= 0.3 is 0 Å². The normalized spacial score (nSPS) is 11.1. The van der Waals surface area contributed by atoms with Crippen molar-refractivity contribution < 1.29 is 4.74 Å². The number of nitrogens with zero attached hydrogens (tertiary/aromatic N) is 4. The summed E-state index contributed by atoms with van der Waals surface area (Å²) in [5.74, 6) is 0.767. The number of aromatic nitrogens is 1. The van der Waals surface area contributed by atoms with E-state index in [1.165, 1.54) is 11.5 Å². The number of aryl methyl sites for hydroxylation is 1. The van der Waals surface area contributed by atoms with Gasteiger partial charge in [0.05, 0.1) is 22.7 Å². The third-order valence-corrected chi connectivity index (χ3v) is 4.73. The van der Waals surface area contributed by atoms with Crippen molar-refractivity contribution in [2.24, 2.45) is 4.99 Å². The zero-order valence-electron chi connectivity index (χ0n) is 15.0. The molecular weight excluding hydrogens is 356 g/mol. The molecule has 0 bridgehead atoms. The highest BCUT2D eigenvalue weighted by Crippen LogP contribution is 2.38. The van der Waals surface area contributed by atoms with Gasteiger partial charge in [0.25, 0.3) is 0 Å². The van der Waals surface area contributed by atoms with Crippen LogP contribution in [0.3, 0.4) is 0 Å². The predicted octanol–water partition coefficient (Wildman–Crippen LogP) is 5.50. The molecule has 2 aromatic rings. The molecule has 1 aromatic heterocycles. The molecule has 2 rings (SSSR count). The molecule has 0 saturated carbocycles. The number of hydrogen-bond acceptors (Lipinski definition) is 5. The third-order valence-electron chi connectivity index (χ3n) is 3.69. The van der Waals surface area contributed by atoms with Crippen LogP contribution in [-0.4, -0.2) is 29.2 Å². The van der Waals surface area contributed by atoms with Crippen LogP contribution in [0.1, 0.15) is 43.5 Å². The first-order valence-electron chi connectivity index (χ1n) is 7.99. The van der Waals surface area contributed by atoms with Crippen molar-refractivity contribution in [3.63, 3.8) is 0 Å². The highest BCUT2D eigenvalue weighted by Gasteiger charge is 2.19. The van der Waals surface area contributed by atoms with Crippen LogP contribution in [0, 0.1) is 18.3 Å². The molecule has 0 atom stereocenters. The van der Waals surface area contributed by atoms with E-state index in [1.54, 1.807) is 12.4 Å². The lowest BCUT2D eigenvalue weighted by Crippen LogP contribution is -2.14. The summed E-state index contributed by atoms with van der Waals surface area (Å²) in [4.78, 5) is 6.36. The van der Waals surface area contributed by atoms with Gasteiger partial charge in [-0.05, 0) is 31.4 Å². The molecule has 0 saturated heterocycles. The zero-order chi connectivity index (χ0) is 18.6. The minimum absolute atomic E-state index is 0.167. The molecular formula is C18H21ClN4OS. The van der Waals surface area contributed by atoms with E-state index in [1.807, 2.05) is 45.7 Å². The second kappa shape index (κ2) is 8.32. The molecule has 0 fully saturated rings. The standard InChI is InChI=1S/C18H21ClN4OS/c1-6-23(5)10-21-15-7-12(4)16(8-14(15)19)24-18-13(9-20)17(11(2)3)22-25-18/h7-8,10-11H,6H2,1-5H3/b21-10-. The molecule has 0 radical (unpaired) electrons.